The second kappa shape index (κ2) is 7.28. The second-order valence-electron chi connectivity index (χ2n) is 10.4. The minimum absolute atomic E-state index is 0.0174. The zero-order chi connectivity index (χ0) is 21.9. The molecular weight excluding hydrogens is 391 g/mol. The van der Waals surface area contributed by atoms with E-state index in [0.717, 1.165) is 25.7 Å². The van der Waals surface area contributed by atoms with Crippen LogP contribution in [-0.2, 0) is 23.9 Å². The van der Waals surface area contributed by atoms with E-state index in [-0.39, 0.29) is 66.9 Å². The fraction of sp³-hybridized carbons (Fsp3) is 0.870. The number of ketones is 1. The number of aliphatic hydroxyl groups is 1. The zero-order valence-corrected chi connectivity index (χ0v) is 18.1. The van der Waals surface area contributed by atoms with E-state index in [1.165, 1.54) is 13.8 Å². The first-order chi connectivity index (χ1) is 14.0. The van der Waals surface area contributed by atoms with Gasteiger partial charge in [-0.05, 0) is 56.3 Å². The highest BCUT2D eigenvalue weighted by atomic mass is 19.1. The summed E-state index contributed by atoms with van der Waals surface area (Å²) in [5.74, 6) is -0.888. The Kier molecular flexibility index (Phi) is 5.27. The van der Waals surface area contributed by atoms with Crippen LogP contribution in [0.3, 0.4) is 0 Å². The molecule has 6 nitrogen and oxygen atoms in total. The van der Waals surface area contributed by atoms with E-state index in [1.54, 1.807) is 0 Å². The molecule has 0 aromatic heterocycles. The average molecular weight is 425 g/mol. The third-order valence-electron chi connectivity index (χ3n) is 9.03. The van der Waals surface area contributed by atoms with Gasteiger partial charge < -0.3 is 14.6 Å². The highest BCUT2D eigenvalue weighted by Crippen LogP contribution is 2.67. The number of carbonyl (C=O) groups is 3. The summed E-state index contributed by atoms with van der Waals surface area (Å²) in [6, 6.07) is 0. The minimum atomic E-state index is -1.79. The van der Waals surface area contributed by atoms with E-state index >= 15 is 0 Å². The molecule has 4 rings (SSSR count). The van der Waals surface area contributed by atoms with E-state index in [9.17, 15) is 23.9 Å². The topological polar surface area (TPSA) is 89.9 Å². The summed E-state index contributed by atoms with van der Waals surface area (Å²) in [5.41, 5.74) is -2.94. The molecule has 0 bridgehead atoms. The van der Waals surface area contributed by atoms with Crippen molar-refractivity contribution in [2.75, 3.05) is 6.61 Å². The van der Waals surface area contributed by atoms with Crippen molar-refractivity contribution >= 4 is 17.7 Å². The predicted octanol–water partition coefficient (Wildman–Crippen LogP) is 3.14. The molecule has 4 saturated carbocycles. The SMILES string of the molecule is CC(=O)OC[C@]12CC[C@H](F)C[C@]1(O)C(=O)C[C@H]1[C@@H]3CC[C@H](OC(C)=O)[C@@]3(C)CC[C@@H]12. The second-order valence-corrected chi connectivity index (χ2v) is 10.4. The molecule has 4 aliphatic carbocycles. The lowest BCUT2D eigenvalue weighted by Crippen LogP contribution is -2.69. The molecule has 4 fully saturated rings. The summed E-state index contributed by atoms with van der Waals surface area (Å²) in [6.45, 7) is 4.85. The largest absolute Gasteiger partial charge is 0.465 e. The van der Waals surface area contributed by atoms with Crippen LogP contribution in [0.2, 0.25) is 0 Å². The van der Waals surface area contributed by atoms with Crippen LogP contribution in [0.1, 0.15) is 72.1 Å². The van der Waals surface area contributed by atoms with Gasteiger partial charge in [-0.3, -0.25) is 14.4 Å². The number of carbonyl (C=O) groups excluding carboxylic acids is 3. The van der Waals surface area contributed by atoms with Gasteiger partial charge in [0.15, 0.2) is 5.78 Å². The number of rotatable bonds is 3. The Labute approximate surface area is 176 Å². The fourth-order valence-corrected chi connectivity index (χ4v) is 7.65. The van der Waals surface area contributed by atoms with Gasteiger partial charge in [-0.15, -0.1) is 0 Å². The predicted molar refractivity (Wildman–Crippen MR) is 105 cm³/mol. The van der Waals surface area contributed by atoms with Crippen LogP contribution in [0.4, 0.5) is 4.39 Å². The first-order valence-electron chi connectivity index (χ1n) is 11.2. The Bertz CT molecular complexity index is 754. The highest BCUT2D eigenvalue weighted by Gasteiger charge is 2.70. The molecule has 0 radical (unpaired) electrons. The lowest BCUT2D eigenvalue weighted by molar-refractivity contribution is -0.230. The quantitative estimate of drug-likeness (QED) is 0.700. The van der Waals surface area contributed by atoms with E-state index in [4.69, 9.17) is 9.47 Å². The third kappa shape index (κ3) is 3.02. The molecule has 0 aliphatic heterocycles. The maximum atomic E-state index is 14.3. The smallest absolute Gasteiger partial charge is 0.302 e. The molecular formula is C23H33FO6. The van der Waals surface area contributed by atoms with Crippen LogP contribution in [0, 0.1) is 28.6 Å². The lowest BCUT2D eigenvalue weighted by Gasteiger charge is -2.63. The van der Waals surface area contributed by atoms with Gasteiger partial charge in [-0.1, -0.05) is 6.92 Å². The number of esters is 2. The number of alkyl halides is 1. The van der Waals surface area contributed by atoms with Gasteiger partial charge in [0, 0.05) is 37.5 Å². The Morgan fingerprint density at radius 2 is 1.83 bits per heavy atom. The molecule has 1 N–H and O–H groups in total. The van der Waals surface area contributed by atoms with Crippen LogP contribution in [0.25, 0.3) is 0 Å². The molecule has 0 aromatic carbocycles. The molecule has 30 heavy (non-hydrogen) atoms. The van der Waals surface area contributed by atoms with E-state index in [2.05, 4.69) is 6.92 Å². The molecule has 7 heteroatoms. The van der Waals surface area contributed by atoms with E-state index < -0.39 is 23.2 Å². The summed E-state index contributed by atoms with van der Waals surface area (Å²) in [5, 5.41) is 11.6. The number of hydrogen-bond donors (Lipinski definition) is 1. The molecule has 0 amide bonds. The Balaban J connectivity index is 1.71. The van der Waals surface area contributed by atoms with Crippen molar-refractivity contribution < 1.29 is 33.4 Å². The van der Waals surface area contributed by atoms with Crippen LogP contribution in [-0.4, -0.2) is 47.3 Å². The van der Waals surface area contributed by atoms with Crippen molar-refractivity contribution in [1.82, 2.24) is 0 Å². The highest BCUT2D eigenvalue weighted by molar-refractivity contribution is 5.90. The van der Waals surface area contributed by atoms with Gasteiger partial charge in [0.25, 0.3) is 0 Å². The van der Waals surface area contributed by atoms with Gasteiger partial charge in [0.1, 0.15) is 24.5 Å². The monoisotopic (exact) mass is 424 g/mol. The maximum Gasteiger partial charge on any atom is 0.302 e. The number of hydrogen-bond acceptors (Lipinski definition) is 6. The molecule has 8 atom stereocenters. The van der Waals surface area contributed by atoms with Gasteiger partial charge in [0.2, 0.25) is 0 Å². The lowest BCUT2D eigenvalue weighted by atomic mass is 9.43. The number of fused-ring (bicyclic) bond motifs is 5. The number of ether oxygens (including phenoxy) is 2. The molecule has 0 spiro atoms. The number of Topliss-reactive ketones (excluding diaryl/α,β-unsaturated/α-hetero) is 1. The van der Waals surface area contributed by atoms with Gasteiger partial charge in [-0.25, -0.2) is 4.39 Å². The maximum absolute atomic E-state index is 14.3. The molecule has 0 unspecified atom stereocenters. The van der Waals surface area contributed by atoms with E-state index in [1.807, 2.05) is 0 Å². The summed E-state index contributed by atoms with van der Waals surface area (Å²) in [6.07, 6.45) is 2.38. The summed E-state index contributed by atoms with van der Waals surface area (Å²) in [4.78, 5) is 36.6. The van der Waals surface area contributed by atoms with Gasteiger partial charge >= 0.3 is 11.9 Å². The summed E-state index contributed by atoms with van der Waals surface area (Å²) >= 11 is 0. The standard InChI is InChI=1S/C23H33FO6/c1-13(25)29-12-22-9-6-15(24)11-23(22,28)19(27)10-16-17-4-5-20(30-14(2)26)21(17,3)8-7-18(16)22/h15-18,20,28H,4-12H2,1-3H3/t15-,16-,17-,18-,20-,21-,22-,23-/m0/s1. The van der Waals surface area contributed by atoms with E-state index in [0.29, 0.717) is 6.42 Å². The average Bonchev–Trinajstić information content (AvgIpc) is 2.97. The van der Waals surface area contributed by atoms with Crippen LogP contribution >= 0.6 is 0 Å². The molecule has 0 aromatic rings. The Morgan fingerprint density at radius 3 is 2.50 bits per heavy atom. The van der Waals surface area contributed by atoms with Crippen LogP contribution in [0.15, 0.2) is 0 Å². The Morgan fingerprint density at radius 1 is 1.10 bits per heavy atom. The first-order valence-corrected chi connectivity index (χ1v) is 11.2. The molecule has 0 heterocycles. The number of halogens is 1. The minimum Gasteiger partial charge on any atom is -0.465 e. The summed E-state index contributed by atoms with van der Waals surface area (Å²) < 4.78 is 25.4. The van der Waals surface area contributed by atoms with Crippen molar-refractivity contribution in [2.45, 2.75) is 90.0 Å². The Hall–Kier alpha value is -1.50. The fourth-order valence-electron chi connectivity index (χ4n) is 7.65. The van der Waals surface area contributed by atoms with Crippen LogP contribution in [0.5, 0.6) is 0 Å². The summed E-state index contributed by atoms with van der Waals surface area (Å²) in [7, 11) is 0. The molecule has 4 aliphatic rings. The van der Waals surface area contributed by atoms with Crippen molar-refractivity contribution in [2.24, 2.45) is 28.6 Å². The molecule has 0 saturated heterocycles. The zero-order valence-electron chi connectivity index (χ0n) is 18.1. The third-order valence-corrected chi connectivity index (χ3v) is 9.03. The molecule has 168 valence electrons. The normalized spacial score (nSPS) is 47.6. The first kappa shape index (κ1) is 21.7. The van der Waals surface area contributed by atoms with Crippen LogP contribution < -0.4 is 0 Å². The van der Waals surface area contributed by atoms with Gasteiger partial charge in [-0.2, -0.15) is 0 Å². The van der Waals surface area contributed by atoms with Gasteiger partial charge in [0.05, 0.1) is 0 Å². The van der Waals surface area contributed by atoms with Crippen molar-refractivity contribution in [3.8, 4) is 0 Å². The van der Waals surface area contributed by atoms with Crippen molar-refractivity contribution in [3.05, 3.63) is 0 Å². The van der Waals surface area contributed by atoms with Crippen molar-refractivity contribution in [3.63, 3.8) is 0 Å². The van der Waals surface area contributed by atoms with Crippen molar-refractivity contribution in [1.29, 1.82) is 0 Å².